The van der Waals surface area contributed by atoms with Crippen molar-refractivity contribution in [1.82, 2.24) is 25.0 Å². The van der Waals surface area contributed by atoms with Gasteiger partial charge in [0.15, 0.2) is 11.6 Å². The van der Waals surface area contributed by atoms with Gasteiger partial charge in [-0.1, -0.05) is 49.2 Å². The molecule has 3 aromatic rings. The van der Waals surface area contributed by atoms with Gasteiger partial charge < -0.3 is 5.32 Å². The number of aromatic nitrogens is 3. The summed E-state index contributed by atoms with van der Waals surface area (Å²) in [5, 5.41) is 12.0. The Labute approximate surface area is 197 Å². The number of halogens is 2. The number of nitrogens with one attached hydrogen (secondary N) is 1. The molecular weight excluding hydrogens is 449 g/mol. The number of benzene rings is 2. The smallest absolute Gasteiger partial charge is 0.234 e. The Kier molecular flexibility index (Phi) is 8.01. The van der Waals surface area contributed by atoms with E-state index in [9.17, 15) is 9.59 Å². The van der Waals surface area contributed by atoms with Crippen molar-refractivity contribution >= 4 is 34.9 Å². The van der Waals surface area contributed by atoms with E-state index in [4.69, 9.17) is 23.2 Å². The molecule has 0 spiro atoms. The minimum absolute atomic E-state index is 0.107. The van der Waals surface area contributed by atoms with Crippen molar-refractivity contribution in [3.63, 3.8) is 0 Å². The maximum atomic E-state index is 13.3. The Morgan fingerprint density at radius 3 is 2.44 bits per heavy atom. The van der Waals surface area contributed by atoms with Gasteiger partial charge in [-0.25, -0.2) is 0 Å². The van der Waals surface area contributed by atoms with E-state index in [1.54, 1.807) is 54.0 Å². The Hall–Kier alpha value is -2.74. The number of rotatable bonds is 9. The first kappa shape index (κ1) is 23.9. The van der Waals surface area contributed by atoms with Crippen LogP contribution in [-0.2, 0) is 11.3 Å². The predicted octanol–water partition coefficient (Wildman–Crippen LogP) is 4.07. The molecule has 0 aliphatic heterocycles. The van der Waals surface area contributed by atoms with E-state index >= 15 is 0 Å². The highest BCUT2D eigenvalue weighted by Gasteiger charge is 2.21. The van der Waals surface area contributed by atoms with Gasteiger partial charge in [-0.15, -0.1) is 10.2 Å². The van der Waals surface area contributed by atoms with Crippen LogP contribution in [0.2, 0.25) is 10.0 Å². The van der Waals surface area contributed by atoms with Gasteiger partial charge in [-0.05, 0) is 50.3 Å². The largest absolute Gasteiger partial charge is 0.348 e. The SMILES string of the molecule is CCN(CC)CC(=O)NCc1nnc(C)n1-c1ccc(Cl)cc1C(=O)c1ccccc1Cl. The number of hydrogen-bond acceptors (Lipinski definition) is 5. The molecule has 32 heavy (non-hydrogen) atoms. The number of aryl methyl sites for hydroxylation is 1. The van der Waals surface area contributed by atoms with Gasteiger partial charge in [0.05, 0.1) is 23.8 Å². The van der Waals surface area contributed by atoms with Crippen molar-refractivity contribution in [2.45, 2.75) is 27.3 Å². The van der Waals surface area contributed by atoms with E-state index in [1.165, 1.54) is 0 Å². The first-order valence-electron chi connectivity index (χ1n) is 10.3. The Balaban J connectivity index is 1.94. The molecule has 1 heterocycles. The van der Waals surface area contributed by atoms with Crippen LogP contribution in [0.25, 0.3) is 5.69 Å². The van der Waals surface area contributed by atoms with Crippen LogP contribution in [0.5, 0.6) is 0 Å². The maximum Gasteiger partial charge on any atom is 0.234 e. The van der Waals surface area contributed by atoms with E-state index in [1.807, 2.05) is 18.7 Å². The van der Waals surface area contributed by atoms with Crippen molar-refractivity contribution < 1.29 is 9.59 Å². The van der Waals surface area contributed by atoms with Gasteiger partial charge in [-0.2, -0.15) is 0 Å². The molecule has 7 nitrogen and oxygen atoms in total. The summed E-state index contributed by atoms with van der Waals surface area (Å²) in [5.74, 6) is 0.710. The number of carbonyl (C=O) groups excluding carboxylic acids is 2. The highest BCUT2D eigenvalue weighted by molar-refractivity contribution is 6.35. The lowest BCUT2D eigenvalue weighted by Crippen LogP contribution is -2.37. The van der Waals surface area contributed by atoms with E-state index in [0.29, 0.717) is 45.1 Å². The van der Waals surface area contributed by atoms with Crippen molar-refractivity contribution in [3.05, 3.63) is 75.3 Å². The summed E-state index contributed by atoms with van der Waals surface area (Å²) >= 11 is 12.5. The molecule has 1 amide bonds. The van der Waals surface area contributed by atoms with Gasteiger partial charge in [0, 0.05) is 16.1 Å². The Morgan fingerprint density at radius 2 is 1.75 bits per heavy atom. The molecule has 1 N–H and O–H groups in total. The van der Waals surface area contributed by atoms with Crippen LogP contribution in [0.15, 0.2) is 42.5 Å². The third-order valence-corrected chi connectivity index (χ3v) is 5.72. The van der Waals surface area contributed by atoms with Crippen LogP contribution in [0, 0.1) is 6.92 Å². The summed E-state index contributed by atoms with van der Waals surface area (Å²) in [6, 6.07) is 11.9. The number of likely N-dealkylation sites (N-methyl/N-ethyl adjacent to an activating group) is 1. The van der Waals surface area contributed by atoms with Crippen LogP contribution in [-0.4, -0.2) is 51.0 Å². The van der Waals surface area contributed by atoms with Gasteiger partial charge in [0.25, 0.3) is 0 Å². The van der Waals surface area contributed by atoms with Gasteiger partial charge >= 0.3 is 0 Å². The first-order chi connectivity index (χ1) is 15.3. The topological polar surface area (TPSA) is 80.1 Å². The molecule has 3 rings (SSSR count). The third-order valence-electron chi connectivity index (χ3n) is 5.16. The summed E-state index contributed by atoms with van der Waals surface area (Å²) in [6.07, 6.45) is 0. The summed E-state index contributed by atoms with van der Waals surface area (Å²) in [5.41, 5.74) is 1.30. The predicted molar refractivity (Wildman–Crippen MR) is 126 cm³/mol. The number of ketones is 1. The Morgan fingerprint density at radius 1 is 1.03 bits per heavy atom. The molecule has 0 unspecified atom stereocenters. The molecule has 9 heteroatoms. The molecule has 0 bridgehead atoms. The number of hydrogen-bond donors (Lipinski definition) is 1. The highest BCUT2D eigenvalue weighted by atomic mass is 35.5. The van der Waals surface area contributed by atoms with E-state index in [0.717, 1.165) is 13.1 Å². The minimum atomic E-state index is -0.266. The van der Waals surface area contributed by atoms with Crippen molar-refractivity contribution in [1.29, 1.82) is 0 Å². The zero-order chi connectivity index (χ0) is 23.3. The zero-order valence-corrected chi connectivity index (χ0v) is 19.7. The van der Waals surface area contributed by atoms with Gasteiger partial charge in [0.1, 0.15) is 5.82 Å². The standard InChI is InChI=1S/C23H25Cl2N5O2/c1-4-29(5-2)14-22(31)26-13-21-28-27-15(3)30(21)20-11-10-16(24)12-18(20)23(32)17-8-6-7-9-19(17)25/h6-12H,4-5,13-14H2,1-3H3,(H,26,31). The number of nitrogens with zero attached hydrogens (tertiary/aromatic N) is 4. The van der Waals surface area contributed by atoms with E-state index < -0.39 is 0 Å². The zero-order valence-electron chi connectivity index (χ0n) is 18.2. The molecule has 0 aliphatic carbocycles. The van der Waals surface area contributed by atoms with Crippen LogP contribution < -0.4 is 5.32 Å². The van der Waals surface area contributed by atoms with Crippen molar-refractivity contribution in [2.75, 3.05) is 19.6 Å². The number of carbonyl (C=O) groups is 2. The number of amides is 1. The fraction of sp³-hybridized carbons (Fsp3) is 0.304. The molecule has 168 valence electrons. The van der Waals surface area contributed by atoms with E-state index in [2.05, 4.69) is 15.5 Å². The lowest BCUT2D eigenvalue weighted by Gasteiger charge is -2.18. The summed E-state index contributed by atoms with van der Waals surface area (Å²) in [6.45, 7) is 7.85. The molecule has 0 radical (unpaired) electrons. The summed E-state index contributed by atoms with van der Waals surface area (Å²) in [7, 11) is 0. The second kappa shape index (κ2) is 10.7. The van der Waals surface area contributed by atoms with Crippen molar-refractivity contribution in [3.8, 4) is 5.69 Å². The van der Waals surface area contributed by atoms with E-state index in [-0.39, 0.29) is 18.2 Å². The minimum Gasteiger partial charge on any atom is -0.348 e. The molecule has 1 aromatic heterocycles. The molecular formula is C23H25Cl2N5O2. The normalized spacial score (nSPS) is 11.1. The molecule has 0 saturated heterocycles. The summed E-state index contributed by atoms with van der Waals surface area (Å²) in [4.78, 5) is 27.7. The Bertz CT molecular complexity index is 1130. The van der Waals surface area contributed by atoms with Crippen LogP contribution in [0.3, 0.4) is 0 Å². The fourth-order valence-electron chi connectivity index (χ4n) is 3.39. The molecule has 0 saturated carbocycles. The first-order valence-corrected chi connectivity index (χ1v) is 11.1. The maximum absolute atomic E-state index is 13.3. The van der Waals surface area contributed by atoms with Crippen molar-refractivity contribution in [2.24, 2.45) is 0 Å². The average molecular weight is 474 g/mol. The van der Waals surface area contributed by atoms with Crippen LogP contribution >= 0.6 is 23.2 Å². The fourth-order valence-corrected chi connectivity index (χ4v) is 3.79. The molecule has 0 fully saturated rings. The van der Waals surface area contributed by atoms with Crippen LogP contribution in [0.1, 0.15) is 41.4 Å². The monoisotopic (exact) mass is 473 g/mol. The lowest BCUT2D eigenvalue weighted by molar-refractivity contribution is -0.122. The second-order valence-corrected chi connectivity index (χ2v) is 8.05. The van der Waals surface area contributed by atoms with Crippen LogP contribution in [0.4, 0.5) is 0 Å². The quantitative estimate of drug-likeness (QED) is 0.473. The average Bonchev–Trinajstić information content (AvgIpc) is 3.16. The lowest BCUT2D eigenvalue weighted by atomic mass is 10.0. The second-order valence-electron chi connectivity index (χ2n) is 7.21. The third kappa shape index (κ3) is 5.35. The summed E-state index contributed by atoms with van der Waals surface area (Å²) < 4.78 is 1.75. The molecule has 0 aliphatic rings. The van der Waals surface area contributed by atoms with Gasteiger partial charge in [0.2, 0.25) is 5.91 Å². The highest BCUT2D eigenvalue weighted by Crippen LogP contribution is 2.27. The molecule has 0 atom stereocenters. The molecule has 2 aromatic carbocycles. The van der Waals surface area contributed by atoms with Gasteiger partial charge in [-0.3, -0.25) is 19.1 Å².